The number of nitrogens with one attached hydrogen (secondary N) is 2. The summed E-state index contributed by atoms with van der Waals surface area (Å²) in [5, 5.41) is 6.03. The van der Waals surface area contributed by atoms with E-state index in [-0.39, 0.29) is 6.54 Å². The van der Waals surface area contributed by atoms with Gasteiger partial charge in [0.2, 0.25) is 0 Å². The van der Waals surface area contributed by atoms with Crippen LogP contribution in [0.4, 0.5) is 0 Å². The molecule has 0 saturated heterocycles. The Hall–Kier alpha value is -2.27. The predicted octanol–water partition coefficient (Wildman–Crippen LogP) is 1.28. The normalized spacial score (nSPS) is 11.5. The number of hydrogen-bond donors (Lipinski definition) is 2. The molecule has 0 aliphatic carbocycles. The number of rotatable bonds is 10. The fourth-order valence-corrected chi connectivity index (χ4v) is 1.53. The Kier molecular flexibility index (Phi) is 10.3. The molecular formula is C14H23N5O2. The van der Waals surface area contributed by atoms with Crippen molar-refractivity contribution in [3.05, 3.63) is 17.7 Å². The van der Waals surface area contributed by atoms with Crippen LogP contribution in [0.25, 0.3) is 5.53 Å². The lowest BCUT2D eigenvalue weighted by molar-refractivity contribution is -0.124. The van der Waals surface area contributed by atoms with Gasteiger partial charge in [0, 0.05) is 6.21 Å². The second-order valence-electron chi connectivity index (χ2n) is 5.00. The van der Waals surface area contributed by atoms with Crippen LogP contribution in [0.2, 0.25) is 0 Å². The quantitative estimate of drug-likeness (QED) is 0.208. The van der Waals surface area contributed by atoms with Gasteiger partial charge in [-0.1, -0.05) is 18.9 Å². The molecule has 0 radical (unpaired) electrons. The zero-order chi connectivity index (χ0) is 16.1. The minimum absolute atomic E-state index is 0.226. The number of allylic oxidation sites excluding steroid dienone is 1. The Morgan fingerprint density at radius 2 is 2.19 bits per heavy atom. The molecule has 0 bridgehead atoms. The maximum Gasteiger partial charge on any atom is 0.344 e. The number of hydrogen-bond acceptors (Lipinski definition) is 3. The van der Waals surface area contributed by atoms with Gasteiger partial charge in [0.1, 0.15) is 0 Å². The maximum absolute atomic E-state index is 11.3. The topological polar surface area (TPSA) is 107 Å². The van der Waals surface area contributed by atoms with Crippen LogP contribution < -0.4 is 10.7 Å². The first kappa shape index (κ1) is 18.7. The molecule has 0 saturated carbocycles. The summed E-state index contributed by atoms with van der Waals surface area (Å²) in [7, 11) is 0. The summed E-state index contributed by atoms with van der Waals surface area (Å²) in [4.78, 5) is 24.7. The molecule has 0 aliphatic heterocycles. The molecule has 0 unspecified atom stereocenters. The van der Waals surface area contributed by atoms with Crippen molar-refractivity contribution in [1.29, 1.82) is 0 Å². The molecule has 2 amide bonds. The molecule has 0 heterocycles. The van der Waals surface area contributed by atoms with Gasteiger partial charge >= 0.3 is 12.1 Å². The van der Waals surface area contributed by atoms with Gasteiger partial charge in [-0.2, -0.15) is 9.89 Å². The molecule has 7 heteroatoms. The molecule has 0 fully saturated rings. The minimum atomic E-state index is -0.650. The van der Waals surface area contributed by atoms with Crippen LogP contribution >= 0.6 is 0 Å². The van der Waals surface area contributed by atoms with Crippen molar-refractivity contribution in [3.63, 3.8) is 0 Å². The molecule has 0 rings (SSSR count). The van der Waals surface area contributed by atoms with Crippen LogP contribution in [0.15, 0.2) is 17.3 Å². The third-order valence-corrected chi connectivity index (χ3v) is 2.69. The molecular weight excluding hydrogens is 270 g/mol. The molecule has 21 heavy (non-hydrogen) atoms. The SMILES string of the molecule is C=C(C)CCC[C@H](C)C/C=N\NC(=O)CNC(=O)C=[N+]=[N-]. The molecule has 0 aromatic rings. The van der Waals surface area contributed by atoms with Gasteiger partial charge in [-0.15, -0.1) is 6.58 Å². The van der Waals surface area contributed by atoms with E-state index in [0.717, 1.165) is 25.7 Å². The van der Waals surface area contributed by atoms with Crippen molar-refractivity contribution >= 4 is 24.2 Å². The van der Waals surface area contributed by atoms with Crippen molar-refractivity contribution in [2.75, 3.05) is 6.54 Å². The summed E-state index contributed by atoms with van der Waals surface area (Å²) in [6.45, 7) is 7.78. The van der Waals surface area contributed by atoms with Crippen LogP contribution in [-0.4, -0.2) is 35.6 Å². The van der Waals surface area contributed by atoms with E-state index >= 15 is 0 Å². The molecule has 0 aromatic carbocycles. The Labute approximate surface area is 125 Å². The maximum atomic E-state index is 11.3. The standard InChI is InChI=1S/C14H23N5O2/c1-11(2)5-4-6-12(3)7-8-18-19-14(21)9-16-13(20)10-17-15/h8,10,12H,1,4-7,9H2,2-3H3,(H,16,20)(H,19,21)/b18-8-/t12-/m0/s1. The second kappa shape index (κ2) is 11.5. The van der Waals surface area contributed by atoms with Gasteiger partial charge in [-0.05, 0) is 32.1 Å². The number of hydrazone groups is 1. The van der Waals surface area contributed by atoms with Crippen LogP contribution in [0.5, 0.6) is 0 Å². The molecule has 2 N–H and O–H groups in total. The first-order valence-corrected chi connectivity index (χ1v) is 6.85. The van der Waals surface area contributed by atoms with Gasteiger partial charge < -0.3 is 10.8 Å². The highest BCUT2D eigenvalue weighted by Gasteiger charge is 2.05. The fraction of sp³-hybridized carbons (Fsp3) is 0.571. The largest absolute Gasteiger partial charge is 0.361 e. The van der Waals surface area contributed by atoms with E-state index in [4.69, 9.17) is 5.53 Å². The number of carbonyl (C=O) groups excluding carboxylic acids is 2. The van der Waals surface area contributed by atoms with Crippen molar-refractivity contribution in [1.82, 2.24) is 10.7 Å². The van der Waals surface area contributed by atoms with E-state index in [9.17, 15) is 9.59 Å². The fourth-order valence-electron chi connectivity index (χ4n) is 1.53. The summed E-state index contributed by atoms with van der Waals surface area (Å²) in [5.74, 6) is -0.603. The van der Waals surface area contributed by atoms with Crippen LogP contribution in [0.3, 0.4) is 0 Å². The molecule has 0 spiro atoms. The van der Waals surface area contributed by atoms with E-state index in [2.05, 4.69) is 34.1 Å². The molecule has 0 aliphatic rings. The summed E-state index contributed by atoms with van der Waals surface area (Å²) in [6, 6.07) is 0. The second-order valence-corrected chi connectivity index (χ2v) is 5.00. The molecule has 1 atom stereocenters. The van der Waals surface area contributed by atoms with Crippen LogP contribution in [-0.2, 0) is 9.59 Å². The average molecular weight is 293 g/mol. The van der Waals surface area contributed by atoms with E-state index < -0.39 is 11.8 Å². The summed E-state index contributed by atoms with van der Waals surface area (Å²) >= 11 is 0. The van der Waals surface area contributed by atoms with Crippen LogP contribution in [0.1, 0.15) is 39.5 Å². The highest BCUT2D eigenvalue weighted by Crippen LogP contribution is 2.12. The van der Waals surface area contributed by atoms with Gasteiger partial charge in [0.15, 0.2) is 0 Å². The van der Waals surface area contributed by atoms with E-state index in [1.165, 1.54) is 5.57 Å². The lowest BCUT2D eigenvalue weighted by Gasteiger charge is -2.07. The third kappa shape index (κ3) is 12.5. The van der Waals surface area contributed by atoms with Gasteiger partial charge in [0.25, 0.3) is 5.91 Å². The molecule has 116 valence electrons. The number of amides is 2. The predicted molar refractivity (Wildman–Crippen MR) is 81.8 cm³/mol. The van der Waals surface area contributed by atoms with Gasteiger partial charge in [0.05, 0.1) is 6.54 Å². The summed E-state index contributed by atoms with van der Waals surface area (Å²) in [6.07, 6.45) is 6.33. The molecule has 7 nitrogen and oxygen atoms in total. The van der Waals surface area contributed by atoms with Gasteiger partial charge in [-0.25, -0.2) is 5.43 Å². The Bertz CT molecular complexity index is 439. The summed E-state index contributed by atoms with van der Waals surface area (Å²) < 4.78 is 0. The summed E-state index contributed by atoms with van der Waals surface area (Å²) in [5.41, 5.74) is 11.6. The van der Waals surface area contributed by atoms with E-state index in [1.54, 1.807) is 6.21 Å². The van der Waals surface area contributed by atoms with E-state index in [1.807, 2.05) is 6.92 Å². The lowest BCUT2D eigenvalue weighted by Crippen LogP contribution is -2.35. The highest BCUT2D eigenvalue weighted by molar-refractivity contribution is 6.24. The first-order valence-electron chi connectivity index (χ1n) is 6.85. The number of carbonyl (C=O) groups is 2. The Morgan fingerprint density at radius 1 is 1.48 bits per heavy atom. The van der Waals surface area contributed by atoms with Crippen molar-refractivity contribution in [2.24, 2.45) is 11.0 Å². The average Bonchev–Trinajstić information content (AvgIpc) is 2.41. The smallest absolute Gasteiger partial charge is 0.344 e. The van der Waals surface area contributed by atoms with Crippen molar-refractivity contribution in [3.8, 4) is 0 Å². The minimum Gasteiger partial charge on any atom is -0.361 e. The zero-order valence-electron chi connectivity index (χ0n) is 12.6. The molecule has 0 aromatic heterocycles. The Balaban J connectivity index is 3.74. The van der Waals surface area contributed by atoms with Gasteiger partial charge in [-0.3, -0.25) is 9.59 Å². The lowest BCUT2D eigenvalue weighted by atomic mass is 10.00. The first-order chi connectivity index (χ1) is 9.95. The highest BCUT2D eigenvalue weighted by atomic mass is 16.2. The van der Waals surface area contributed by atoms with Crippen molar-refractivity contribution < 1.29 is 14.4 Å². The number of nitrogens with zero attached hydrogens (tertiary/aromatic N) is 3. The van der Waals surface area contributed by atoms with Crippen LogP contribution in [0, 0.1) is 5.92 Å². The Morgan fingerprint density at radius 3 is 2.81 bits per heavy atom. The third-order valence-electron chi connectivity index (χ3n) is 2.69. The zero-order valence-corrected chi connectivity index (χ0v) is 12.6. The van der Waals surface area contributed by atoms with Crippen molar-refractivity contribution in [2.45, 2.75) is 39.5 Å². The van der Waals surface area contributed by atoms with E-state index in [0.29, 0.717) is 12.1 Å². The monoisotopic (exact) mass is 293 g/mol.